The number of hydrogen-bond acceptors (Lipinski definition) is 4. The number of benzene rings is 2. The Balaban J connectivity index is 2.21. The maximum atomic E-state index is 13.0. The van der Waals surface area contributed by atoms with Gasteiger partial charge in [0.15, 0.2) is 0 Å². The van der Waals surface area contributed by atoms with Crippen LogP contribution in [0.15, 0.2) is 60.7 Å². The molecule has 0 saturated heterocycles. The number of aryl methyl sites for hydroxylation is 1. The minimum absolute atomic E-state index is 0.208. The Labute approximate surface area is 151 Å². The fraction of sp³-hybridized carbons (Fsp3) is 0.0952. The van der Waals surface area contributed by atoms with E-state index in [9.17, 15) is 10.1 Å². The molecule has 1 aromatic heterocycles. The lowest BCUT2D eigenvalue weighted by atomic mass is 9.94. The number of anilines is 1. The molecule has 1 N–H and O–H groups in total. The molecule has 5 heteroatoms. The third kappa shape index (κ3) is 3.26. The van der Waals surface area contributed by atoms with Gasteiger partial charge in [-0.15, -0.1) is 0 Å². The zero-order valence-corrected chi connectivity index (χ0v) is 14.5. The van der Waals surface area contributed by atoms with Crippen LogP contribution in [0.4, 0.5) is 5.69 Å². The predicted molar refractivity (Wildman–Crippen MR) is 100 cm³/mol. The minimum atomic E-state index is -0.320. The van der Waals surface area contributed by atoms with Crippen LogP contribution < -0.4 is 10.1 Å². The molecule has 0 fully saturated rings. The predicted octanol–water partition coefficient (Wildman–Crippen LogP) is 4.19. The van der Waals surface area contributed by atoms with Crippen LogP contribution in [0.2, 0.25) is 0 Å². The fourth-order valence-corrected chi connectivity index (χ4v) is 2.81. The maximum absolute atomic E-state index is 13.0. The van der Waals surface area contributed by atoms with Gasteiger partial charge in [0.05, 0.1) is 18.4 Å². The van der Waals surface area contributed by atoms with Crippen molar-refractivity contribution in [2.24, 2.45) is 0 Å². The van der Waals surface area contributed by atoms with E-state index in [0.717, 1.165) is 5.56 Å². The van der Waals surface area contributed by atoms with Crippen molar-refractivity contribution in [1.82, 2.24) is 4.98 Å². The number of hydrogen-bond donors (Lipinski definition) is 1. The molecule has 0 radical (unpaired) electrons. The molecular weight excluding hydrogens is 326 g/mol. The van der Waals surface area contributed by atoms with E-state index >= 15 is 0 Å². The molecule has 0 atom stereocenters. The molecule has 0 spiro atoms. The van der Waals surface area contributed by atoms with Gasteiger partial charge in [-0.3, -0.25) is 4.79 Å². The van der Waals surface area contributed by atoms with Crippen LogP contribution in [0.25, 0.3) is 11.1 Å². The molecule has 3 aromatic rings. The number of pyridine rings is 1. The number of nitrogens with one attached hydrogen (secondary N) is 1. The maximum Gasteiger partial charge on any atom is 0.258 e. The highest BCUT2D eigenvalue weighted by molar-refractivity contribution is 6.10. The molecule has 0 unspecified atom stereocenters. The van der Waals surface area contributed by atoms with Crippen LogP contribution in [-0.2, 0) is 0 Å². The summed E-state index contributed by atoms with van der Waals surface area (Å²) in [5.74, 6) is -0.112. The van der Waals surface area contributed by atoms with E-state index in [2.05, 4.69) is 16.4 Å². The summed E-state index contributed by atoms with van der Waals surface area (Å²) < 4.78 is 5.27. The second-order valence-corrected chi connectivity index (χ2v) is 5.63. The number of rotatable bonds is 4. The van der Waals surface area contributed by atoms with Gasteiger partial charge in [-0.05, 0) is 24.6 Å². The monoisotopic (exact) mass is 343 g/mol. The molecule has 1 amide bonds. The van der Waals surface area contributed by atoms with Crippen molar-refractivity contribution in [3.63, 3.8) is 0 Å². The van der Waals surface area contributed by atoms with Crippen LogP contribution in [0.5, 0.6) is 5.88 Å². The highest BCUT2D eigenvalue weighted by atomic mass is 16.5. The quantitative estimate of drug-likeness (QED) is 0.771. The standard InChI is InChI=1S/C21H17N3O2/c1-14-18(20(25)24-16-11-7-4-8-12-16)19(15-9-5-3-6-10-15)17(13-22)21(23-14)26-2/h3-12H,1-2H3,(H,24,25). The first kappa shape index (κ1) is 17.2. The Morgan fingerprint density at radius 3 is 2.27 bits per heavy atom. The van der Waals surface area contributed by atoms with Gasteiger partial charge in [0.25, 0.3) is 5.91 Å². The van der Waals surface area contributed by atoms with Crippen LogP contribution in [0.1, 0.15) is 21.6 Å². The van der Waals surface area contributed by atoms with Crippen molar-refractivity contribution in [3.8, 4) is 23.1 Å². The Hall–Kier alpha value is -3.65. The summed E-state index contributed by atoms with van der Waals surface area (Å²) in [6.45, 7) is 1.73. The average Bonchev–Trinajstić information content (AvgIpc) is 2.68. The van der Waals surface area contributed by atoms with Gasteiger partial charge in [0.1, 0.15) is 11.6 Å². The molecule has 0 saturated carbocycles. The average molecular weight is 343 g/mol. The Kier molecular flexibility index (Phi) is 4.95. The number of carbonyl (C=O) groups excluding carboxylic acids is 1. The van der Waals surface area contributed by atoms with Gasteiger partial charge < -0.3 is 10.1 Å². The summed E-state index contributed by atoms with van der Waals surface area (Å²) in [6, 6.07) is 20.6. The first-order chi connectivity index (χ1) is 12.7. The number of aromatic nitrogens is 1. The molecule has 0 aliphatic heterocycles. The summed E-state index contributed by atoms with van der Waals surface area (Å²) >= 11 is 0. The summed E-state index contributed by atoms with van der Waals surface area (Å²) in [7, 11) is 1.46. The van der Waals surface area contributed by atoms with Crippen molar-refractivity contribution in [1.29, 1.82) is 5.26 Å². The van der Waals surface area contributed by atoms with Crippen molar-refractivity contribution >= 4 is 11.6 Å². The normalized spacial score (nSPS) is 10.0. The highest BCUT2D eigenvalue weighted by Crippen LogP contribution is 2.34. The molecule has 0 aliphatic rings. The van der Waals surface area contributed by atoms with Crippen LogP contribution >= 0.6 is 0 Å². The number of ether oxygens (including phenoxy) is 1. The molecule has 128 valence electrons. The minimum Gasteiger partial charge on any atom is -0.480 e. The second kappa shape index (κ2) is 7.49. The van der Waals surface area contributed by atoms with Crippen molar-refractivity contribution in [3.05, 3.63) is 77.5 Å². The van der Waals surface area contributed by atoms with E-state index in [1.165, 1.54) is 7.11 Å². The van der Waals surface area contributed by atoms with Gasteiger partial charge in [-0.25, -0.2) is 4.98 Å². The lowest BCUT2D eigenvalue weighted by Crippen LogP contribution is -2.17. The topological polar surface area (TPSA) is 75.0 Å². The summed E-state index contributed by atoms with van der Waals surface area (Å²) in [5, 5.41) is 12.5. The van der Waals surface area contributed by atoms with Gasteiger partial charge in [-0.1, -0.05) is 48.5 Å². The first-order valence-corrected chi connectivity index (χ1v) is 8.06. The summed E-state index contributed by atoms with van der Waals surface area (Å²) in [4.78, 5) is 17.3. The van der Waals surface area contributed by atoms with E-state index in [4.69, 9.17) is 4.74 Å². The third-order valence-corrected chi connectivity index (χ3v) is 3.97. The van der Waals surface area contributed by atoms with Crippen LogP contribution in [0.3, 0.4) is 0 Å². The van der Waals surface area contributed by atoms with Crippen molar-refractivity contribution in [2.75, 3.05) is 12.4 Å². The number of para-hydroxylation sites is 1. The molecule has 2 aromatic carbocycles. The van der Waals surface area contributed by atoms with Crippen molar-refractivity contribution < 1.29 is 9.53 Å². The molecule has 0 bridgehead atoms. The zero-order chi connectivity index (χ0) is 18.5. The molecule has 1 heterocycles. The molecule has 26 heavy (non-hydrogen) atoms. The van der Waals surface area contributed by atoms with Gasteiger partial charge in [0, 0.05) is 11.3 Å². The van der Waals surface area contributed by atoms with E-state index in [1.807, 2.05) is 48.5 Å². The largest absolute Gasteiger partial charge is 0.480 e. The van der Waals surface area contributed by atoms with Gasteiger partial charge in [0.2, 0.25) is 5.88 Å². The number of nitrogens with zero attached hydrogens (tertiary/aromatic N) is 2. The first-order valence-electron chi connectivity index (χ1n) is 8.06. The van der Waals surface area contributed by atoms with E-state index in [0.29, 0.717) is 22.5 Å². The summed E-state index contributed by atoms with van der Waals surface area (Å²) in [6.07, 6.45) is 0. The van der Waals surface area contributed by atoms with Crippen molar-refractivity contribution in [2.45, 2.75) is 6.92 Å². The Morgan fingerprint density at radius 1 is 1.08 bits per heavy atom. The molecule has 5 nitrogen and oxygen atoms in total. The van der Waals surface area contributed by atoms with Gasteiger partial charge in [-0.2, -0.15) is 5.26 Å². The fourth-order valence-electron chi connectivity index (χ4n) is 2.81. The number of methoxy groups -OCH3 is 1. The second-order valence-electron chi connectivity index (χ2n) is 5.63. The SMILES string of the molecule is COc1nc(C)c(C(=O)Nc2ccccc2)c(-c2ccccc2)c1C#N. The zero-order valence-electron chi connectivity index (χ0n) is 14.5. The smallest absolute Gasteiger partial charge is 0.258 e. The van der Waals surface area contributed by atoms with E-state index in [-0.39, 0.29) is 17.4 Å². The molecule has 0 aliphatic carbocycles. The summed E-state index contributed by atoms with van der Waals surface area (Å²) in [5.41, 5.74) is 3.04. The Bertz CT molecular complexity index is 978. The molecule has 3 rings (SSSR count). The van der Waals surface area contributed by atoms with Gasteiger partial charge >= 0.3 is 0 Å². The molecular formula is C21H17N3O2. The lowest BCUT2D eigenvalue weighted by Gasteiger charge is -2.16. The van der Waals surface area contributed by atoms with Crippen LogP contribution in [-0.4, -0.2) is 18.0 Å². The number of carbonyl (C=O) groups is 1. The van der Waals surface area contributed by atoms with Crippen LogP contribution in [0, 0.1) is 18.3 Å². The lowest BCUT2D eigenvalue weighted by molar-refractivity contribution is 0.102. The van der Waals surface area contributed by atoms with E-state index in [1.54, 1.807) is 19.1 Å². The highest BCUT2D eigenvalue weighted by Gasteiger charge is 2.24. The number of amides is 1. The number of nitriles is 1. The van der Waals surface area contributed by atoms with E-state index < -0.39 is 0 Å². The third-order valence-electron chi connectivity index (χ3n) is 3.97. The Morgan fingerprint density at radius 2 is 1.69 bits per heavy atom.